The van der Waals surface area contributed by atoms with Crippen LogP contribution in [0.1, 0.15) is 36.5 Å². The lowest BCUT2D eigenvalue weighted by Gasteiger charge is -2.25. The summed E-state index contributed by atoms with van der Waals surface area (Å²) < 4.78 is 1.89. The first-order valence-electron chi connectivity index (χ1n) is 6.59. The van der Waals surface area contributed by atoms with Crippen LogP contribution in [0.5, 0.6) is 0 Å². The Labute approximate surface area is 135 Å². The second-order valence-corrected chi connectivity index (χ2v) is 8.53. The highest BCUT2D eigenvalue weighted by Crippen LogP contribution is 2.32. The molecule has 1 unspecified atom stereocenters. The number of amides is 1. The summed E-state index contributed by atoms with van der Waals surface area (Å²) in [5.41, 5.74) is 0.767. The highest BCUT2D eigenvalue weighted by Gasteiger charge is 2.24. The van der Waals surface area contributed by atoms with Gasteiger partial charge in [-0.15, -0.1) is 11.3 Å². The standard InChI is InChI=1S/C13H18Br2N2OS/c1-2-6-17(8-9-4-3-5-16-9)13(18)10-7-11(14)19-12(10)15/h7,9,16H,2-6,8H2,1H3. The maximum absolute atomic E-state index is 12.6. The van der Waals surface area contributed by atoms with Crippen molar-refractivity contribution in [2.75, 3.05) is 19.6 Å². The Balaban J connectivity index is 2.08. The summed E-state index contributed by atoms with van der Waals surface area (Å²) in [6.07, 6.45) is 3.37. The van der Waals surface area contributed by atoms with Crippen LogP contribution in [-0.4, -0.2) is 36.5 Å². The first-order valence-corrected chi connectivity index (χ1v) is 8.99. The zero-order valence-corrected chi connectivity index (χ0v) is 14.9. The molecule has 0 aromatic carbocycles. The fraction of sp³-hybridized carbons (Fsp3) is 0.615. The maximum atomic E-state index is 12.6. The van der Waals surface area contributed by atoms with Gasteiger partial charge in [0.15, 0.2) is 0 Å². The fourth-order valence-electron chi connectivity index (χ4n) is 2.38. The average molecular weight is 410 g/mol. The summed E-state index contributed by atoms with van der Waals surface area (Å²) in [4.78, 5) is 14.6. The van der Waals surface area contributed by atoms with E-state index in [1.165, 1.54) is 12.8 Å². The summed E-state index contributed by atoms with van der Waals surface area (Å²) in [5.74, 6) is 0.129. The lowest BCUT2D eigenvalue weighted by molar-refractivity contribution is 0.0741. The van der Waals surface area contributed by atoms with Gasteiger partial charge in [-0.2, -0.15) is 0 Å². The molecule has 1 aromatic rings. The number of hydrogen-bond donors (Lipinski definition) is 1. The predicted molar refractivity (Wildman–Crippen MR) is 86.9 cm³/mol. The number of halogens is 2. The minimum absolute atomic E-state index is 0.129. The summed E-state index contributed by atoms with van der Waals surface area (Å²) in [7, 11) is 0. The van der Waals surface area contributed by atoms with Crippen molar-refractivity contribution in [3.63, 3.8) is 0 Å². The van der Waals surface area contributed by atoms with Gasteiger partial charge < -0.3 is 10.2 Å². The number of nitrogens with one attached hydrogen (secondary N) is 1. The Morgan fingerprint density at radius 1 is 1.58 bits per heavy atom. The van der Waals surface area contributed by atoms with Crippen LogP contribution in [0.3, 0.4) is 0 Å². The van der Waals surface area contributed by atoms with Crippen LogP contribution in [-0.2, 0) is 0 Å². The first kappa shape index (κ1) is 15.5. The molecule has 0 saturated carbocycles. The number of carbonyl (C=O) groups is 1. The van der Waals surface area contributed by atoms with Gasteiger partial charge in [-0.3, -0.25) is 4.79 Å². The minimum Gasteiger partial charge on any atom is -0.337 e. The Hall–Kier alpha value is 0.0900. The van der Waals surface area contributed by atoms with Crippen molar-refractivity contribution in [2.24, 2.45) is 0 Å². The van der Waals surface area contributed by atoms with Crippen LogP contribution < -0.4 is 5.32 Å². The molecule has 1 atom stereocenters. The molecule has 2 rings (SSSR count). The minimum atomic E-state index is 0.129. The molecule has 1 amide bonds. The maximum Gasteiger partial charge on any atom is 0.255 e. The molecular weight excluding hydrogens is 392 g/mol. The molecule has 1 aliphatic rings. The van der Waals surface area contributed by atoms with Gasteiger partial charge in [0.2, 0.25) is 0 Å². The molecule has 0 bridgehead atoms. The van der Waals surface area contributed by atoms with E-state index in [1.807, 2.05) is 11.0 Å². The molecule has 1 N–H and O–H groups in total. The SMILES string of the molecule is CCCN(CC1CCCN1)C(=O)c1cc(Br)sc1Br. The van der Waals surface area contributed by atoms with Crippen molar-refractivity contribution in [2.45, 2.75) is 32.2 Å². The zero-order chi connectivity index (χ0) is 13.8. The summed E-state index contributed by atoms with van der Waals surface area (Å²) in [6, 6.07) is 2.36. The molecule has 19 heavy (non-hydrogen) atoms. The van der Waals surface area contributed by atoms with Gasteiger partial charge in [0.05, 0.1) is 13.1 Å². The number of rotatable bonds is 5. The van der Waals surface area contributed by atoms with Crippen molar-refractivity contribution < 1.29 is 4.79 Å². The average Bonchev–Trinajstić information content (AvgIpc) is 2.97. The van der Waals surface area contributed by atoms with Crippen LogP contribution in [0.2, 0.25) is 0 Å². The molecule has 2 heterocycles. The van der Waals surface area contributed by atoms with Crippen LogP contribution in [0.15, 0.2) is 13.6 Å². The topological polar surface area (TPSA) is 32.3 Å². The van der Waals surface area contributed by atoms with Crippen molar-refractivity contribution >= 4 is 49.1 Å². The van der Waals surface area contributed by atoms with Crippen molar-refractivity contribution in [3.8, 4) is 0 Å². The predicted octanol–water partition coefficient (Wildman–Crippen LogP) is 3.88. The van der Waals surface area contributed by atoms with E-state index < -0.39 is 0 Å². The molecule has 0 aliphatic carbocycles. The third kappa shape index (κ3) is 4.03. The fourth-order valence-corrected chi connectivity index (χ4v) is 5.16. The van der Waals surface area contributed by atoms with E-state index >= 15 is 0 Å². The molecular formula is C13H18Br2N2OS. The second-order valence-electron chi connectivity index (χ2n) is 4.78. The number of nitrogens with zero attached hydrogens (tertiary/aromatic N) is 1. The third-order valence-corrected chi connectivity index (χ3v) is 5.61. The highest BCUT2D eigenvalue weighted by molar-refractivity contribution is 9.12. The number of thiophene rings is 1. The van der Waals surface area contributed by atoms with Crippen molar-refractivity contribution in [1.29, 1.82) is 0 Å². The molecule has 6 heteroatoms. The second kappa shape index (κ2) is 7.20. The van der Waals surface area contributed by atoms with Gasteiger partial charge in [0.25, 0.3) is 5.91 Å². The van der Waals surface area contributed by atoms with Crippen LogP contribution in [0, 0.1) is 0 Å². The lowest BCUT2D eigenvalue weighted by Crippen LogP contribution is -2.41. The Morgan fingerprint density at radius 2 is 2.37 bits per heavy atom. The summed E-state index contributed by atoms with van der Waals surface area (Å²) in [6.45, 7) is 4.82. The van der Waals surface area contributed by atoms with E-state index in [1.54, 1.807) is 11.3 Å². The van der Waals surface area contributed by atoms with Gasteiger partial charge in [-0.25, -0.2) is 0 Å². The summed E-state index contributed by atoms with van der Waals surface area (Å²) >= 11 is 8.45. The Morgan fingerprint density at radius 3 is 2.89 bits per heavy atom. The van der Waals surface area contributed by atoms with E-state index in [4.69, 9.17) is 0 Å². The largest absolute Gasteiger partial charge is 0.337 e. The van der Waals surface area contributed by atoms with Crippen molar-refractivity contribution in [3.05, 3.63) is 19.2 Å². The monoisotopic (exact) mass is 408 g/mol. The van der Waals surface area contributed by atoms with E-state index in [-0.39, 0.29) is 5.91 Å². The van der Waals surface area contributed by atoms with Gasteiger partial charge in [-0.05, 0) is 63.7 Å². The smallest absolute Gasteiger partial charge is 0.255 e. The molecule has 0 spiro atoms. The van der Waals surface area contributed by atoms with Gasteiger partial charge >= 0.3 is 0 Å². The van der Waals surface area contributed by atoms with Gasteiger partial charge in [-0.1, -0.05) is 6.92 Å². The zero-order valence-electron chi connectivity index (χ0n) is 10.9. The van der Waals surface area contributed by atoms with Gasteiger partial charge in [0, 0.05) is 19.1 Å². The lowest BCUT2D eigenvalue weighted by atomic mass is 10.2. The number of carbonyl (C=O) groups excluding carboxylic acids is 1. The molecule has 3 nitrogen and oxygen atoms in total. The van der Waals surface area contributed by atoms with Crippen LogP contribution >= 0.6 is 43.2 Å². The van der Waals surface area contributed by atoms with E-state index in [9.17, 15) is 4.79 Å². The van der Waals surface area contributed by atoms with E-state index in [0.29, 0.717) is 6.04 Å². The molecule has 1 saturated heterocycles. The van der Waals surface area contributed by atoms with E-state index in [2.05, 4.69) is 44.1 Å². The van der Waals surface area contributed by atoms with Crippen LogP contribution in [0.4, 0.5) is 0 Å². The Bertz CT molecular complexity index is 444. The molecule has 106 valence electrons. The van der Waals surface area contributed by atoms with E-state index in [0.717, 1.165) is 39.2 Å². The molecule has 1 aliphatic heterocycles. The molecule has 0 radical (unpaired) electrons. The number of hydrogen-bond acceptors (Lipinski definition) is 3. The van der Waals surface area contributed by atoms with Crippen LogP contribution in [0.25, 0.3) is 0 Å². The first-order chi connectivity index (χ1) is 9.11. The highest BCUT2D eigenvalue weighted by atomic mass is 79.9. The normalized spacial score (nSPS) is 18.8. The Kier molecular flexibility index (Phi) is 5.87. The molecule has 1 fully saturated rings. The van der Waals surface area contributed by atoms with Gasteiger partial charge in [0.1, 0.15) is 0 Å². The summed E-state index contributed by atoms with van der Waals surface area (Å²) in [5, 5.41) is 3.46. The third-order valence-electron chi connectivity index (χ3n) is 3.27. The molecule has 1 aromatic heterocycles. The quantitative estimate of drug-likeness (QED) is 0.800. The van der Waals surface area contributed by atoms with Crippen molar-refractivity contribution in [1.82, 2.24) is 10.2 Å².